The summed E-state index contributed by atoms with van der Waals surface area (Å²) in [5, 5.41) is 0. The quantitative estimate of drug-likeness (QED) is 0.805. The fraction of sp³-hybridized carbons (Fsp3) is 0.278. The van der Waals surface area contributed by atoms with E-state index in [1.54, 1.807) is 0 Å². The maximum Gasteiger partial charge on any atom is 0.337 e. The number of para-hydroxylation sites is 1. The Kier molecular flexibility index (Phi) is 3.65. The molecule has 3 nitrogen and oxygen atoms in total. The lowest BCUT2D eigenvalue weighted by atomic mass is 10.0. The fourth-order valence-corrected chi connectivity index (χ4v) is 2.95. The van der Waals surface area contributed by atoms with E-state index in [4.69, 9.17) is 4.74 Å². The summed E-state index contributed by atoms with van der Waals surface area (Å²) in [6.45, 7) is 4.17. The Bertz CT molecular complexity index is 649. The second kappa shape index (κ2) is 5.60. The Balaban J connectivity index is 1.77. The van der Waals surface area contributed by atoms with Crippen LogP contribution in [0, 0.1) is 0 Å². The Labute approximate surface area is 125 Å². The zero-order valence-electron chi connectivity index (χ0n) is 12.4. The number of carbonyl (C=O) groups is 1. The molecule has 0 bridgehead atoms. The van der Waals surface area contributed by atoms with Crippen molar-refractivity contribution < 1.29 is 9.53 Å². The standard InChI is InChI=1S/C18H19NO2/c1-13-11-19(17-6-4-3-5-16(13)17)12-14-7-9-15(10-8-14)18(20)21-2/h3-10,13H,11-12H2,1-2H3. The predicted octanol–water partition coefficient (Wildman–Crippen LogP) is 3.60. The molecular formula is C18H19NO2. The highest BCUT2D eigenvalue weighted by atomic mass is 16.5. The molecule has 21 heavy (non-hydrogen) atoms. The number of carbonyl (C=O) groups excluding carboxylic acids is 1. The molecule has 3 heteroatoms. The first-order valence-corrected chi connectivity index (χ1v) is 7.20. The number of ether oxygens (including phenoxy) is 1. The van der Waals surface area contributed by atoms with Crippen LogP contribution >= 0.6 is 0 Å². The Hall–Kier alpha value is -2.29. The largest absolute Gasteiger partial charge is 0.465 e. The van der Waals surface area contributed by atoms with Gasteiger partial charge >= 0.3 is 5.97 Å². The summed E-state index contributed by atoms with van der Waals surface area (Å²) >= 11 is 0. The second-order valence-corrected chi connectivity index (χ2v) is 5.53. The highest BCUT2D eigenvalue weighted by Crippen LogP contribution is 2.36. The zero-order chi connectivity index (χ0) is 14.8. The number of rotatable bonds is 3. The van der Waals surface area contributed by atoms with E-state index in [0.717, 1.165) is 13.1 Å². The van der Waals surface area contributed by atoms with E-state index in [1.165, 1.54) is 23.9 Å². The molecule has 0 N–H and O–H groups in total. The minimum absolute atomic E-state index is 0.290. The van der Waals surface area contributed by atoms with Gasteiger partial charge in [0, 0.05) is 24.7 Å². The van der Waals surface area contributed by atoms with Crippen molar-refractivity contribution >= 4 is 11.7 Å². The van der Waals surface area contributed by atoms with Gasteiger partial charge in [-0.25, -0.2) is 4.79 Å². The van der Waals surface area contributed by atoms with Crippen molar-refractivity contribution in [2.75, 3.05) is 18.6 Å². The molecule has 0 radical (unpaired) electrons. The van der Waals surface area contributed by atoms with Crippen LogP contribution in [0.1, 0.15) is 34.3 Å². The molecule has 2 aromatic rings. The number of esters is 1. The first-order valence-electron chi connectivity index (χ1n) is 7.20. The monoisotopic (exact) mass is 281 g/mol. The fourth-order valence-electron chi connectivity index (χ4n) is 2.95. The van der Waals surface area contributed by atoms with Crippen LogP contribution in [0.15, 0.2) is 48.5 Å². The zero-order valence-corrected chi connectivity index (χ0v) is 12.4. The van der Waals surface area contributed by atoms with E-state index in [9.17, 15) is 4.79 Å². The van der Waals surface area contributed by atoms with E-state index in [-0.39, 0.29) is 5.97 Å². The first-order chi connectivity index (χ1) is 10.2. The summed E-state index contributed by atoms with van der Waals surface area (Å²) in [4.78, 5) is 13.8. The molecule has 1 unspecified atom stereocenters. The van der Waals surface area contributed by atoms with Crippen molar-refractivity contribution in [3.63, 3.8) is 0 Å². The van der Waals surface area contributed by atoms with E-state index >= 15 is 0 Å². The molecule has 0 fully saturated rings. The minimum Gasteiger partial charge on any atom is -0.465 e. The van der Waals surface area contributed by atoms with Gasteiger partial charge in [-0.15, -0.1) is 0 Å². The van der Waals surface area contributed by atoms with Crippen molar-refractivity contribution in [2.24, 2.45) is 0 Å². The maximum atomic E-state index is 11.4. The number of fused-ring (bicyclic) bond motifs is 1. The number of anilines is 1. The molecule has 1 atom stereocenters. The van der Waals surface area contributed by atoms with Gasteiger partial charge in [-0.1, -0.05) is 37.3 Å². The summed E-state index contributed by atoms with van der Waals surface area (Å²) in [5.41, 5.74) is 4.54. The predicted molar refractivity (Wildman–Crippen MR) is 83.7 cm³/mol. The van der Waals surface area contributed by atoms with Crippen LogP contribution in [0.5, 0.6) is 0 Å². The molecule has 0 spiro atoms. The lowest BCUT2D eigenvalue weighted by molar-refractivity contribution is 0.0600. The molecule has 1 aliphatic rings. The third kappa shape index (κ3) is 2.64. The van der Waals surface area contributed by atoms with E-state index in [1.807, 2.05) is 24.3 Å². The van der Waals surface area contributed by atoms with Gasteiger partial charge in [-0.3, -0.25) is 0 Å². The average molecular weight is 281 g/mol. The summed E-state index contributed by atoms with van der Waals surface area (Å²) in [6.07, 6.45) is 0. The van der Waals surface area contributed by atoms with Gasteiger partial charge in [-0.05, 0) is 29.3 Å². The van der Waals surface area contributed by atoms with Crippen molar-refractivity contribution in [3.8, 4) is 0 Å². The molecule has 0 saturated carbocycles. The van der Waals surface area contributed by atoms with Crippen molar-refractivity contribution in [1.82, 2.24) is 0 Å². The Morgan fingerprint density at radius 3 is 2.62 bits per heavy atom. The lowest BCUT2D eigenvalue weighted by Crippen LogP contribution is -2.20. The van der Waals surface area contributed by atoms with E-state index in [0.29, 0.717) is 11.5 Å². The summed E-state index contributed by atoms with van der Waals surface area (Å²) in [5.74, 6) is 0.275. The number of nitrogens with zero attached hydrogens (tertiary/aromatic N) is 1. The van der Waals surface area contributed by atoms with Crippen LogP contribution in [-0.2, 0) is 11.3 Å². The number of hydrogen-bond acceptors (Lipinski definition) is 3. The minimum atomic E-state index is -0.290. The average Bonchev–Trinajstić information content (AvgIpc) is 2.84. The summed E-state index contributed by atoms with van der Waals surface area (Å²) in [6, 6.07) is 16.2. The first kappa shape index (κ1) is 13.7. The van der Waals surface area contributed by atoms with Gasteiger partial charge in [0.2, 0.25) is 0 Å². The van der Waals surface area contributed by atoms with Crippen LogP contribution in [0.3, 0.4) is 0 Å². The second-order valence-electron chi connectivity index (χ2n) is 5.53. The highest BCUT2D eigenvalue weighted by molar-refractivity contribution is 5.89. The maximum absolute atomic E-state index is 11.4. The van der Waals surface area contributed by atoms with Gasteiger partial charge in [0.25, 0.3) is 0 Å². The van der Waals surface area contributed by atoms with E-state index in [2.05, 4.69) is 36.1 Å². The Morgan fingerprint density at radius 2 is 1.90 bits per heavy atom. The van der Waals surface area contributed by atoms with Crippen LogP contribution in [0.2, 0.25) is 0 Å². The molecule has 0 aliphatic carbocycles. The lowest BCUT2D eigenvalue weighted by Gasteiger charge is -2.19. The van der Waals surface area contributed by atoms with Crippen LogP contribution in [0.4, 0.5) is 5.69 Å². The van der Waals surface area contributed by atoms with Gasteiger partial charge < -0.3 is 9.64 Å². The van der Waals surface area contributed by atoms with Gasteiger partial charge in [0.1, 0.15) is 0 Å². The van der Waals surface area contributed by atoms with Crippen LogP contribution in [0.25, 0.3) is 0 Å². The van der Waals surface area contributed by atoms with Crippen LogP contribution < -0.4 is 4.90 Å². The smallest absolute Gasteiger partial charge is 0.337 e. The van der Waals surface area contributed by atoms with Crippen molar-refractivity contribution in [3.05, 3.63) is 65.2 Å². The molecular weight excluding hydrogens is 262 g/mol. The molecule has 2 aromatic carbocycles. The topological polar surface area (TPSA) is 29.5 Å². The summed E-state index contributed by atoms with van der Waals surface area (Å²) < 4.78 is 4.72. The third-order valence-electron chi connectivity index (χ3n) is 4.05. The SMILES string of the molecule is COC(=O)c1ccc(CN2CC(C)c3ccccc32)cc1. The van der Waals surface area contributed by atoms with Gasteiger partial charge in [-0.2, -0.15) is 0 Å². The van der Waals surface area contributed by atoms with Crippen molar-refractivity contribution in [1.29, 1.82) is 0 Å². The van der Waals surface area contributed by atoms with Crippen LogP contribution in [-0.4, -0.2) is 19.6 Å². The molecule has 0 amide bonds. The molecule has 1 heterocycles. The Morgan fingerprint density at radius 1 is 1.19 bits per heavy atom. The number of methoxy groups -OCH3 is 1. The molecule has 0 saturated heterocycles. The van der Waals surface area contributed by atoms with Crippen molar-refractivity contribution in [2.45, 2.75) is 19.4 Å². The number of hydrogen-bond donors (Lipinski definition) is 0. The highest BCUT2D eigenvalue weighted by Gasteiger charge is 2.24. The molecule has 3 rings (SSSR count). The third-order valence-corrected chi connectivity index (χ3v) is 4.05. The van der Waals surface area contributed by atoms with E-state index < -0.39 is 0 Å². The van der Waals surface area contributed by atoms with Gasteiger partial charge in [0.15, 0.2) is 0 Å². The number of benzene rings is 2. The normalized spacial score (nSPS) is 16.7. The van der Waals surface area contributed by atoms with Gasteiger partial charge in [0.05, 0.1) is 12.7 Å². The molecule has 0 aromatic heterocycles. The molecule has 108 valence electrons. The summed E-state index contributed by atoms with van der Waals surface area (Å²) in [7, 11) is 1.40. The molecule has 1 aliphatic heterocycles.